The molecule has 0 aromatic rings. The van der Waals surface area contributed by atoms with Crippen LogP contribution in [0.1, 0.15) is 39.5 Å². The van der Waals surface area contributed by atoms with Crippen LogP contribution in [-0.2, 0) is 4.79 Å². The summed E-state index contributed by atoms with van der Waals surface area (Å²) in [4.78, 5) is 24.9. The Labute approximate surface area is 114 Å². The molecule has 0 radical (unpaired) electrons. The number of carbonyl (C=O) groups excluding carboxylic acids is 2. The van der Waals surface area contributed by atoms with Crippen LogP contribution in [0.15, 0.2) is 0 Å². The molecule has 2 saturated heterocycles. The molecule has 2 fully saturated rings. The number of urea groups is 1. The first-order chi connectivity index (χ1) is 9.01. The van der Waals surface area contributed by atoms with Crippen LogP contribution in [0.2, 0.25) is 0 Å². The van der Waals surface area contributed by atoms with Crippen LogP contribution in [0.5, 0.6) is 0 Å². The number of hydrogen-bond donors (Lipinski definition) is 3. The summed E-state index contributed by atoms with van der Waals surface area (Å²) in [5, 5.41) is 5.78. The Kier molecular flexibility index (Phi) is 4.42. The van der Waals surface area contributed by atoms with E-state index in [4.69, 9.17) is 5.73 Å². The van der Waals surface area contributed by atoms with E-state index in [1.54, 1.807) is 0 Å². The van der Waals surface area contributed by atoms with E-state index in [2.05, 4.69) is 22.5 Å². The largest absolute Gasteiger partial charge is 0.351 e. The molecule has 0 spiro atoms. The van der Waals surface area contributed by atoms with Crippen LogP contribution in [0.3, 0.4) is 0 Å². The second kappa shape index (κ2) is 5.88. The molecule has 6 nitrogen and oxygen atoms in total. The summed E-state index contributed by atoms with van der Waals surface area (Å²) in [6.45, 7) is 4.70. The Hall–Kier alpha value is -1.14. The third-order valence-electron chi connectivity index (χ3n) is 4.41. The zero-order valence-corrected chi connectivity index (χ0v) is 11.7. The average molecular weight is 268 g/mol. The lowest BCUT2D eigenvalue weighted by Crippen LogP contribution is -2.55. The molecule has 2 bridgehead atoms. The van der Waals surface area contributed by atoms with Gasteiger partial charge in [-0.2, -0.15) is 0 Å². The van der Waals surface area contributed by atoms with Gasteiger partial charge in [0, 0.05) is 18.1 Å². The van der Waals surface area contributed by atoms with Gasteiger partial charge in [0.15, 0.2) is 0 Å². The third-order valence-corrected chi connectivity index (χ3v) is 4.41. The van der Waals surface area contributed by atoms with Crippen molar-refractivity contribution < 1.29 is 9.59 Å². The molecule has 4 N–H and O–H groups in total. The summed E-state index contributed by atoms with van der Waals surface area (Å²) >= 11 is 0. The van der Waals surface area contributed by atoms with Crippen molar-refractivity contribution in [2.75, 3.05) is 6.54 Å². The highest BCUT2D eigenvalue weighted by Crippen LogP contribution is 2.30. The molecular weight excluding hydrogens is 244 g/mol. The summed E-state index contributed by atoms with van der Waals surface area (Å²) in [7, 11) is 0. The number of nitrogens with one attached hydrogen (secondary N) is 2. The van der Waals surface area contributed by atoms with Gasteiger partial charge in [0.05, 0.1) is 6.04 Å². The Morgan fingerprint density at radius 3 is 2.42 bits per heavy atom. The molecule has 3 amide bonds. The number of nitrogens with zero attached hydrogens (tertiary/aromatic N) is 1. The summed E-state index contributed by atoms with van der Waals surface area (Å²) in [6, 6.07) is 0.490. The average Bonchev–Trinajstić information content (AvgIpc) is 2.68. The maximum absolute atomic E-state index is 11.9. The normalized spacial score (nSPS) is 31.2. The van der Waals surface area contributed by atoms with Gasteiger partial charge in [-0.25, -0.2) is 4.79 Å². The van der Waals surface area contributed by atoms with Crippen molar-refractivity contribution in [1.29, 1.82) is 0 Å². The first-order valence-electron chi connectivity index (χ1n) is 7.13. The van der Waals surface area contributed by atoms with E-state index in [0.717, 1.165) is 19.4 Å². The fourth-order valence-corrected chi connectivity index (χ4v) is 3.52. The molecule has 2 aliphatic heterocycles. The minimum atomic E-state index is -0.779. The third kappa shape index (κ3) is 3.25. The van der Waals surface area contributed by atoms with Crippen LogP contribution in [0.25, 0.3) is 0 Å². The summed E-state index contributed by atoms with van der Waals surface area (Å²) in [6.07, 6.45) is 4.64. The number of imide groups is 1. The van der Waals surface area contributed by atoms with Crippen molar-refractivity contribution >= 4 is 11.9 Å². The number of amides is 3. The van der Waals surface area contributed by atoms with Gasteiger partial charge in [-0.3, -0.25) is 15.0 Å². The Bertz CT molecular complexity index is 349. The summed E-state index contributed by atoms with van der Waals surface area (Å²) in [5.74, 6) is -0.305. The van der Waals surface area contributed by atoms with E-state index >= 15 is 0 Å². The van der Waals surface area contributed by atoms with Crippen LogP contribution in [0, 0.1) is 0 Å². The standard InChI is InChI=1S/C13H24N4O2/c1-3-17(8(2)12(18)16-13(14)19)11-6-9-4-5-10(7-11)15-9/h8-11,15H,3-7H2,1-2H3,(H3,14,16,18,19). The van der Waals surface area contributed by atoms with Gasteiger partial charge in [0.25, 0.3) is 0 Å². The van der Waals surface area contributed by atoms with Crippen LogP contribution >= 0.6 is 0 Å². The highest BCUT2D eigenvalue weighted by molar-refractivity contribution is 5.96. The Balaban J connectivity index is 1.98. The number of nitrogens with two attached hydrogens (primary N) is 1. The minimum absolute atomic E-state index is 0.305. The lowest BCUT2D eigenvalue weighted by molar-refractivity contribution is -0.125. The first kappa shape index (κ1) is 14.3. The van der Waals surface area contributed by atoms with Crippen LogP contribution < -0.4 is 16.4 Å². The van der Waals surface area contributed by atoms with E-state index in [0.29, 0.717) is 18.1 Å². The zero-order valence-electron chi connectivity index (χ0n) is 11.7. The minimum Gasteiger partial charge on any atom is -0.351 e. The Morgan fingerprint density at radius 2 is 1.95 bits per heavy atom. The van der Waals surface area contributed by atoms with Crippen LogP contribution in [-0.4, -0.2) is 47.6 Å². The molecule has 19 heavy (non-hydrogen) atoms. The smallest absolute Gasteiger partial charge is 0.318 e. The lowest BCUT2D eigenvalue weighted by atomic mass is 9.96. The molecule has 0 aromatic heterocycles. The first-order valence-corrected chi connectivity index (χ1v) is 7.13. The molecule has 0 aromatic carbocycles. The van der Waals surface area contributed by atoms with Gasteiger partial charge in [-0.1, -0.05) is 6.92 Å². The number of rotatable bonds is 4. The van der Waals surface area contributed by atoms with E-state index in [1.807, 2.05) is 6.92 Å². The highest BCUT2D eigenvalue weighted by Gasteiger charge is 2.38. The summed E-state index contributed by atoms with van der Waals surface area (Å²) < 4.78 is 0. The van der Waals surface area contributed by atoms with Crippen LogP contribution in [0.4, 0.5) is 4.79 Å². The van der Waals surface area contributed by atoms with Gasteiger partial charge in [-0.05, 0) is 39.2 Å². The fraction of sp³-hybridized carbons (Fsp3) is 0.846. The zero-order chi connectivity index (χ0) is 14.0. The van der Waals surface area contributed by atoms with E-state index in [1.165, 1.54) is 12.8 Å². The molecule has 3 unspecified atom stereocenters. The predicted octanol–water partition coefficient (Wildman–Crippen LogP) is 0.175. The maximum Gasteiger partial charge on any atom is 0.318 e. The molecule has 0 saturated carbocycles. The summed E-state index contributed by atoms with van der Waals surface area (Å²) in [5.41, 5.74) is 5.01. The molecule has 6 heteroatoms. The van der Waals surface area contributed by atoms with Crippen molar-refractivity contribution in [3.05, 3.63) is 0 Å². The quantitative estimate of drug-likeness (QED) is 0.678. The molecule has 2 aliphatic rings. The topological polar surface area (TPSA) is 87.5 Å². The van der Waals surface area contributed by atoms with Crippen molar-refractivity contribution in [2.45, 2.75) is 63.7 Å². The number of piperidine rings is 1. The second-order valence-corrected chi connectivity index (χ2v) is 5.62. The monoisotopic (exact) mass is 268 g/mol. The van der Waals surface area contributed by atoms with Gasteiger partial charge in [0.2, 0.25) is 5.91 Å². The molecular formula is C13H24N4O2. The van der Waals surface area contributed by atoms with Crippen molar-refractivity contribution in [2.24, 2.45) is 5.73 Å². The predicted molar refractivity (Wildman–Crippen MR) is 72.5 cm³/mol. The van der Waals surface area contributed by atoms with Crippen molar-refractivity contribution in [3.8, 4) is 0 Å². The number of likely N-dealkylation sites (N-methyl/N-ethyl adjacent to an activating group) is 1. The van der Waals surface area contributed by atoms with Gasteiger partial charge in [0.1, 0.15) is 0 Å². The van der Waals surface area contributed by atoms with Gasteiger partial charge < -0.3 is 11.1 Å². The maximum atomic E-state index is 11.9. The molecule has 108 valence electrons. The molecule has 0 aliphatic carbocycles. The molecule has 2 rings (SSSR count). The van der Waals surface area contributed by atoms with E-state index in [-0.39, 0.29) is 11.9 Å². The number of fused-ring (bicyclic) bond motifs is 2. The number of primary amides is 1. The molecule has 3 atom stereocenters. The molecule has 2 heterocycles. The SMILES string of the molecule is CCN(C1CC2CCC(C1)N2)C(C)C(=O)NC(N)=O. The lowest BCUT2D eigenvalue weighted by Gasteiger charge is -2.39. The number of carbonyl (C=O) groups is 2. The van der Waals surface area contributed by atoms with Crippen molar-refractivity contribution in [3.63, 3.8) is 0 Å². The van der Waals surface area contributed by atoms with Crippen molar-refractivity contribution in [1.82, 2.24) is 15.5 Å². The second-order valence-electron chi connectivity index (χ2n) is 5.62. The van der Waals surface area contributed by atoms with Gasteiger partial charge >= 0.3 is 6.03 Å². The fourth-order valence-electron chi connectivity index (χ4n) is 3.52. The highest BCUT2D eigenvalue weighted by atomic mass is 16.2. The van der Waals surface area contributed by atoms with E-state index in [9.17, 15) is 9.59 Å². The van der Waals surface area contributed by atoms with Gasteiger partial charge in [-0.15, -0.1) is 0 Å². The van der Waals surface area contributed by atoms with E-state index < -0.39 is 6.03 Å². The Morgan fingerprint density at radius 1 is 1.37 bits per heavy atom. The number of hydrogen-bond acceptors (Lipinski definition) is 4.